The first-order valence-corrected chi connectivity index (χ1v) is 7.39. The highest BCUT2D eigenvalue weighted by atomic mass is 16.4. The van der Waals surface area contributed by atoms with E-state index in [2.05, 4.69) is 10.3 Å². The zero-order chi connectivity index (χ0) is 16.2. The minimum Gasteiger partial charge on any atom is -0.481 e. The van der Waals surface area contributed by atoms with Gasteiger partial charge in [0.05, 0.1) is 18.7 Å². The largest absolute Gasteiger partial charge is 0.481 e. The Kier molecular flexibility index (Phi) is 4.19. The van der Waals surface area contributed by atoms with Crippen LogP contribution in [0, 0.1) is 6.92 Å². The van der Waals surface area contributed by atoms with E-state index >= 15 is 0 Å². The number of aryl methyl sites for hydroxylation is 1. The molecule has 0 aliphatic rings. The lowest BCUT2D eigenvalue weighted by Crippen LogP contribution is -2.07. The lowest BCUT2D eigenvalue weighted by molar-refractivity contribution is -0.136. The van der Waals surface area contributed by atoms with Gasteiger partial charge in [-0.05, 0) is 18.1 Å². The van der Waals surface area contributed by atoms with Crippen molar-refractivity contribution in [3.8, 4) is 11.3 Å². The molecule has 2 aromatic carbocycles. The van der Waals surface area contributed by atoms with E-state index in [1.165, 1.54) is 5.56 Å². The molecule has 1 heterocycles. The van der Waals surface area contributed by atoms with Gasteiger partial charge in [0, 0.05) is 5.56 Å². The highest BCUT2D eigenvalue weighted by molar-refractivity contribution is 5.73. The van der Waals surface area contributed by atoms with Crippen molar-refractivity contribution in [3.63, 3.8) is 0 Å². The van der Waals surface area contributed by atoms with E-state index < -0.39 is 5.97 Å². The minimum atomic E-state index is -0.912. The first-order valence-electron chi connectivity index (χ1n) is 7.39. The predicted molar refractivity (Wildman–Crippen MR) is 87.1 cm³/mol. The third kappa shape index (κ3) is 3.29. The Morgan fingerprint density at radius 3 is 2.48 bits per heavy atom. The van der Waals surface area contributed by atoms with Crippen LogP contribution in [0.4, 0.5) is 0 Å². The number of carboxylic acid groups (broad SMARTS) is 1. The smallest absolute Gasteiger partial charge is 0.309 e. The Morgan fingerprint density at radius 1 is 1.09 bits per heavy atom. The van der Waals surface area contributed by atoms with Crippen LogP contribution in [0.25, 0.3) is 11.3 Å². The molecule has 116 valence electrons. The topological polar surface area (TPSA) is 68.0 Å². The van der Waals surface area contributed by atoms with Crippen LogP contribution in [0.3, 0.4) is 0 Å². The first kappa shape index (κ1) is 15.0. The molecule has 0 aliphatic carbocycles. The maximum Gasteiger partial charge on any atom is 0.309 e. The fourth-order valence-corrected chi connectivity index (χ4v) is 2.58. The van der Waals surface area contributed by atoms with Gasteiger partial charge in [-0.3, -0.25) is 4.79 Å². The van der Waals surface area contributed by atoms with Gasteiger partial charge >= 0.3 is 5.97 Å². The van der Waals surface area contributed by atoms with E-state index in [9.17, 15) is 4.79 Å². The van der Waals surface area contributed by atoms with E-state index in [1.807, 2.05) is 61.5 Å². The highest BCUT2D eigenvalue weighted by Gasteiger charge is 2.17. The number of aromatic nitrogens is 3. The zero-order valence-electron chi connectivity index (χ0n) is 12.8. The number of benzene rings is 2. The first-order chi connectivity index (χ1) is 11.1. The Hall–Kier alpha value is -2.95. The quantitative estimate of drug-likeness (QED) is 0.787. The molecule has 0 amide bonds. The third-order valence-corrected chi connectivity index (χ3v) is 3.75. The summed E-state index contributed by atoms with van der Waals surface area (Å²) in [4.78, 5) is 11.1. The van der Waals surface area contributed by atoms with Gasteiger partial charge in [0.25, 0.3) is 0 Å². The van der Waals surface area contributed by atoms with Gasteiger partial charge in [-0.25, -0.2) is 4.68 Å². The van der Waals surface area contributed by atoms with Crippen molar-refractivity contribution in [1.82, 2.24) is 15.0 Å². The molecule has 0 saturated carbocycles. The molecule has 5 heteroatoms. The van der Waals surface area contributed by atoms with Crippen LogP contribution in [0.15, 0.2) is 54.6 Å². The van der Waals surface area contributed by atoms with Crippen LogP contribution in [-0.2, 0) is 17.8 Å². The van der Waals surface area contributed by atoms with Crippen LogP contribution in [-0.4, -0.2) is 26.1 Å². The van der Waals surface area contributed by atoms with Crippen molar-refractivity contribution in [2.45, 2.75) is 19.9 Å². The number of carboxylic acids is 1. The van der Waals surface area contributed by atoms with Gasteiger partial charge in [-0.15, -0.1) is 5.10 Å². The summed E-state index contributed by atoms with van der Waals surface area (Å²) in [5, 5.41) is 17.4. The molecule has 0 radical (unpaired) electrons. The fourth-order valence-electron chi connectivity index (χ4n) is 2.58. The summed E-state index contributed by atoms with van der Waals surface area (Å²) in [6, 6.07) is 17.7. The number of nitrogens with zero attached hydrogens (tertiary/aromatic N) is 3. The standard InChI is InChI=1S/C18H17N3O2/c1-13-7-5-6-10-15(13)12-21-18(14-8-3-2-4-9-14)16(19-20-21)11-17(22)23/h2-10H,11-12H2,1H3,(H,22,23). The summed E-state index contributed by atoms with van der Waals surface area (Å²) >= 11 is 0. The van der Waals surface area contributed by atoms with Crippen molar-refractivity contribution in [1.29, 1.82) is 0 Å². The second-order valence-corrected chi connectivity index (χ2v) is 5.41. The Morgan fingerprint density at radius 2 is 1.78 bits per heavy atom. The summed E-state index contributed by atoms with van der Waals surface area (Å²) in [5.74, 6) is -0.912. The Balaban J connectivity index is 2.05. The molecular formula is C18H17N3O2. The van der Waals surface area contributed by atoms with Crippen LogP contribution in [0.5, 0.6) is 0 Å². The predicted octanol–water partition coefficient (Wildman–Crippen LogP) is 2.93. The van der Waals surface area contributed by atoms with Crippen molar-refractivity contribution in [2.24, 2.45) is 0 Å². The molecule has 0 bridgehead atoms. The van der Waals surface area contributed by atoms with Crippen LogP contribution in [0.1, 0.15) is 16.8 Å². The van der Waals surface area contributed by atoms with E-state index in [0.717, 1.165) is 16.8 Å². The molecule has 0 unspecified atom stereocenters. The lowest BCUT2D eigenvalue weighted by Gasteiger charge is -2.10. The van der Waals surface area contributed by atoms with Crippen molar-refractivity contribution in [2.75, 3.05) is 0 Å². The Labute approximate surface area is 134 Å². The second kappa shape index (κ2) is 6.44. The highest BCUT2D eigenvalue weighted by Crippen LogP contribution is 2.24. The van der Waals surface area contributed by atoms with Crippen molar-refractivity contribution >= 4 is 5.97 Å². The number of carbonyl (C=O) groups is 1. The average Bonchev–Trinajstić information content (AvgIpc) is 2.92. The fraction of sp³-hybridized carbons (Fsp3) is 0.167. The number of rotatable bonds is 5. The van der Waals surface area contributed by atoms with Crippen LogP contribution < -0.4 is 0 Å². The number of aliphatic carboxylic acids is 1. The molecule has 1 aromatic heterocycles. The average molecular weight is 307 g/mol. The van der Waals surface area contributed by atoms with Gasteiger partial charge in [0.1, 0.15) is 5.69 Å². The molecule has 5 nitrogen and oxygen atoms in total. The summed E-state index contributed by atoms with van der Waals surface area (Å²) in [7, 11) is 0. The normalized spacial score (nSPS) is 10.7. The minimum absolute atomic E-state index is 0.141. The van der Waals surface area contributed by atoms with Crippen LogP contribution >= 0.6 is 0 Å². The molecule has 0 aliphatic heterocycles. The lowest BCUT2D eigenvalue weighted by atomic mass is 10.1. The molecular weight excluding hydrogens is 290 g/mol. The van der Waals surface area contributed by atoms with Crippen LogP contribution in [0.2, 0.25) is 0 Å². The third-order valence-electron chi connectivity index (χ3n) is 3.75. The molecule has 0 atom stereocenters. The molecule has 3 rings (SSSR count). The summed E-state index contributed by atoms with van der Waals surface area (Å²) in [6.45, 7) is 2.61. The van der Waals surface area contributed by atoms with E-state index in [1.54, 1.807) is 4.68 Å². The number of hydrogen-bond acceptors (Lipinski definition) is 3. The molecule has 23 heavy (non-hydrogen) atoms. The van der Waals surface area contributed by atoms with E-state index in [0.29, 0.717) is 12.2 Å². The maximum absolute atomic E-state index is 11.1. The van der Waals surface area contributed by atoms with Gasteiger partial charge in [0.2, 0.25) is 0 Å². The monoisotopic (exact) mass is 307 g/mol. The van der Waals surface area contributed by atoms with Gasteiger partial charge in [0.15, 0.2) is 0 Å². The molecule has 3 aromatic rings. The van der Waals surface area contributed by atoms with Gasteiger partial charge in [-0.2, -0.15) is 0 Å². The summed E-state index contributed by atoms with van der Waals surface area (Å²) < 4.78 is 1.77. The number of hydrogen-bond donors (Lipinski definition) is 1. The van der Waals surface area contributed by atoms with E-state index in [-0.39, 0.29) is 6.42 Å². The molecule has 0 spiro atoms. The Bertz CT molecular complexity index is 825. The molecule has 1 N–H and O–H groups in total. The summed E-state index contributed by atoms with van der Waals surface area (Å²) in [6.07, 6.45) is -0.141. The van der Waals surface area contributed by atoms with Gasteiger partial charge in [-0.1, -0.05) is 59.8 Å². The molecule has 0 saturated heterocycles. The zero-order valence-corrected chi connectivity index (χ0v) is 12.8. The van der Waals surface area contributed by atoms with Crippen molar-refractivity contribution < 1.29 is 9.90 Å². The summed E-state index contributed by atoms with van der Waals surface area (Å²) in [5.41, 5.74) is 4.47. The van der Waals surface area contributed by atoms with Gasteiger partial charge < -0.3 is 5.11 Å². The van der Waals surface area contributed by atoms with E-state index in [4.69, 9.17) is 5.11 Å². The second-order valence-electron chi connectivity index (χ2n) is 5.41. The SMILES string of the molecule is Cc1ccccc1Cn1nnc(CC(=O)O)c1-c1ccccc1. The molecule has 0 fully saturated rings. The maximum atomic E-state index is 11.1. The van der Waals surface area contributed by atoms with Crippen molar-refractivity contribution in [3.05, 3.63) is 71.4 Å².